The molecule has 4 nitrogen and oxygen atoms in total. The predicted molar refractivity (Wildman–Crippen MR) is 84.9 cm³/mol. The summed E-state index contributed by atoms with van der Waals surface area (Å²) in [5.41, 5.74) is 2.25. The lowest BCUT2D eigenvalue weighted by atomic mass is 9.91. The molecule has 0 atom stereocenters. The van der Waals surface area contributed by atoms with Gasteiger partial charge in [0.25, 0.3) is 10.0 Å². The zero-order chi connectivity index (χ0) is 15.7. The Balaban J connectivity index is 2.31. The van der Waals surface area contributed by atoms with Crippen molar-refractivity contribution in [2.45, 2.75) is 38.0 Å². The van der Waals surface area contributed by atoms with Crippen molar-refractivity contribution in [1.29, 1.82) is 0 Å². The summed E-state index contributed by atoms with van der Waals surface area (Å²) in [6.07, 6.45) is 1.62. The number of pyridine rings is 1. The molecule has 0 saturated carbocycles. The van der Waals surface area contributed by atoms with Crippen molar-refractivity contribution in [3.63, 3.8) is 0 Å². The summed E-state index contributed by atoms with van der Waals surface area (Å²) in [4.78, 5) is 4.54. The number of anilines is 1. The second-order valence-corrected chi connectivity index (χ2v) is 7.78. The van der Waals surface area contributed by atoms with Gasteiger partial charge in [0.15, 0.2) is 0 Å². The van der Waals surface area contributed by atoms with Gasteiger partial charge in [-0.15, -0.1) is 0 Å². The van der Waals surface area contributed by atoms with E-state index in [1.165, 1.54) is 0 Å². The Labute approximate surface area is 126 Å². The molecule has 0 aliphatic heterocycles. The molecule has 1 aromatic heterocycles. The van der Waals surface area contributed by atoms with E-state index in [1.54, 1.807) is 42.6 Å². The average Bonchev–Trinajstić information content (AvgIpc) is 2.38. The largest absolute Gasteiger partial charge is 0.280 e. The first-order chi connectivity index (χ1) is 9.68. The van der Waals surface area contributed by atoms with Gasteiger partial charge in [0.1, 0.15) is 0 Å². The molecular weight excluding hydrogens is 284 g/mol. The van der Waals surface area contributed by atoms with Crippen LogP contribution >= 0.6 is 0 Å². The van der Waals surface area contributed by atoms with E-state index in [9.17, 15) is 8.42 Å². The highest BCUT2D eigenvalue weighted by Crippen LogP contribution is 2.23. The lowest BCUT2D eigenvalue weighted by Gasteiger charge is -2.18. The third-order valence-electron chi connectivity index (χ3n) is 3.11. The van der Waals surface area contributed by atoms with Gasteiger partial charge in [-0.3, -0.25) is 9.71 Å². The van der Waals surface area contributed by atoms with Crippen LogP contribution in [-0.4, -0.2) is 13.4 Å². The number of benzene rings is 1. The summed E-state index contributed by atoms with van der Waals surface area (Å²) in [5.74, 6) is 0. The maximum Gasteiger partial charge on any atom is 0.261 e. The Hall–Kier alpha value is -1.88. The molecule has 0 spiro atoms. The number of nitrogens with zero attached hydrogens (tertiary/aromatic N) is 1. The highest BCUT2D eigenvalue weighted by molar-refractivity contribution is 7.92. The molecule has 112 valence electrons. The van der Waals surface area contributed by atoms with Crippen LogP contribution in [0.15, 0.2) is 47.5 Å². The van der Waals surface area contributed by atoms with Gasteiger partial charge in [-0.05, 0) is 31.2 Å². The van der Waals surface area contributed by atoms with E-state index in [4.69, 9.17) is 0 Å². The van der Waals surface area contributed by atoms with E-state index in [2.05, 4.69) is 9.71 Å². The summed E-state index contributed by atoms with van der Waals surface area (Å²) in [6, 6.07) is 10.2. The Morgan fingerprint density at radius 3 is 2.24 bits per heavy atom. The van der Waals surface area contributed by atoms with Crippen LogP contribution in [0.1, 0.15) is 32.0 Å². The Morgan fingerprint density at radius 2 is 1.67 bits per heavy atom. The topological polar surface area (TPSA) is 59.1 Å². The minimum atomic E-state index is -3.57. The molecule has 0 amide bonds. The van der Waals surface area contributed by atoms with Gasteiger partial charge in [0.05, 0.1) is 10.6 Å². The van der Waals surface area contributed by atoms with E-state index in [0.29, 0.717) is 5.69 Å². The molecule has 0 aliphatic rings. The maximum atomic E-state index is 12.3. The third-order valence-corrected chi connectivity index (χ3v) is 4.51. The summed E-state index contributed by atoms with van der Waals surface area (Å²) >= 11 is 0. The van der Waals surface area contributed by atoms with Crippen molar-refractivity contribution >= 4 is 15.7 Å². The summed E-state index contributed by atoms with van der Waals surface area (Å²) in [5, 5.41) is 0. The van der Waals surface area contributed by atoms with Crippen LogP contribution in [0.3, 0.4) is 0 Å². The normalized spacial score (nSPS) is 12.2. The number of hydrogen-bond donors (Lipinski definition) is 1. The van der Waals surface area contributed by atoms with E-state index in [-0.39, 0.29) is 10.3 Å². The minimum absolute atomic E-state index is 0.134. The van der Waals surface area contributed by atoms with Crippen LogP contribution in [-0.2, 0) is 15.4 Å². The molecule has 0 unspecified atom stereocenters. The van der Waals surface area contributed by atoms with Crippen molar-refractivity contribution in [1.82, 2.24) is 4.98 Å². The van der Waals surface area contributed by atoms with Crippen LogP contribution in [0, 0.1) is 6.92 Å². The van der Waals surface area contributed by atoms with Crippen LogP contribution in [0.5, 0.6) is 0 Å². The smallest absolute Gasteiger partial charge is 0.261 e. The Kier molecular flexibility index (Phi) is 4.05. The number of hydrogen-bond acceptors (Lipinski definition) is 3. The highest BCUT2D eigenvalue weighted by Gasteiger charge is 2.18. The quantitative estimate of drug-likeness (QED) is 0.944. The fourth-order valence-corrected chi connectivity index (χ4v) is 2.89. The molecule has 0 aliphatic carbocycles. The van der Waals surface area contributed by atoms with Crippen LogP contribution in [0.4, 0.5) is 5.69 Å². The average molecular weight is 304 g/mol. The molecule has 0 bridgehead atoms. The Morgan fingerprint density at radius 1 is 1.05 bits per heavy atom. The van der Waals surface area contributed by atoms with Gasteiger partial charge in [0.2, 0.25) is 0 Å². The van der Waals surface area contributed by atoms with E-state index in [1.807, 2.05) is 27.7 Å². The van der Waals surface area contributed by atoms with Crippen molar-refractivity contribution in [2.75, 3.05) is 4.72 Å². The first kappa shape index (κ1) is 15.5. The minimum Gasteiger partial charge on any atom is -0.280 e. The number of sulfonamides is 1. The third kappa shape index (κ3) is 3.82. The molecular formula is C16H20N2O2S. The van der Waals surface area contributed by atoms with E-state index < -0.39 is 10.0 Å². The van der Waals surface area contributed by atoms with Crippen molar-refractivity contribution < 1.29 is 8.42 Å². The molecule has 5 heteroatoms. The molecule has 21 heavy (non-hydrogen) atoms. The molecule has 0 radical (unpaired) electrons. The first-order valence-corrected chi connectivity index (χ1v) is 8.23. The van der Waals surface area contributed by atoms with E-state index in [0.717, 1.165) is 11.3 Å². The standard InChI is InChI=1S/C16H20N2O2S/c1-12-5-7-14(8-6-12)21(19,20)18-13-9-10-17-15(11-13)16(2,3)4/h5-11H,1-4H3,(H,17,18). The fourth-order valence-electron chi connectivity index (χ4n) is 1.84. The number of rotatable bonds is 3. The zero-order valence-corrected chi connectivity index (χ0v) is 13.5. The second-order valence-electron chi connectivity index (χ2n) is 6.10. The van der Waals surface area contributed by atoms with Gasteiger partial charge in [-0.1, -0.05) is 38.5 Å². The van der Waals surface area contributed by atoms with Crippen molar-refractivity contribution in [3.05, 3.63) is 53.9 Å². The number of nitrogens with one attached hydrogen (secondary N) is 1. The first-order valence-electron chi connectivity index (χ1n) is 6.74. The van der Waals surface area contributed by atoms with E-state index >= 15 is 0 Å². The summed E-state index contributed by atoms with van der Waals surface area (Å²) in [7, 11) is -3.57. The summed E-state index contributed by atoms with van der Waals surface area (Å²) in [6.45, 7) is 8.02. The molecule has 2 rings (SSSR count). The monoisotopic (exact) mass is 304 g/mol. The van der Waals surface area contributed by atoms with Crippen LogP contribution in [0.2, 0.25) is 0 Å². The van der Waals surface area contributed by atoms with Crippen LogP contribution in [0.25, 0.3) is 0 Å². The lowest BCUT2D eigenvalue weighted by Crippen LogP contribution is -2.16. The van der Waals surface area contributed by atoms with Crippen molar-refractivity contribution in [2.24, 2.45) is 0 Å². The maximum absolute atomic E-state index is 12.3. The number of aromatic nitrogens is 1. The molecule has 1 aromatic carbocycles. The van der Waals surface area contributed by atoms with Crippen molar-refractivity contribution in [3.8, 4) is 0 Å². The van der Waals surface area contributed by atoms with Gasteiger partial charge in [-0.25, -0.2) is 8.42 Å². The molecule has 0 fully saturated rings. The van der Waals surface area contributed by atoms with Crippen LogP contribution < -0.4 is 4.72 Å². The van der Waals surface area contributed by atoms with Gasteiger partial charge in [0, 0.05) is 17.3 Å². The zero-order valence-electron chi connectivity index (χ0n) is 12.7. The second kappa shape index (κ2) is 5.48. The predicted octanol–water partition coefficient (Wildman–Crippen LogP) is 3.49. The molecule has 1 N–H and O–H groups in total. The highest BCUT2D eigenvalue weighted by atomic mass is 32.2. The Bertz CT molecular complexity index is 730. The fraction of sp³-hybridized carbons (Fsp3) is 0.312. The lowest BCUT2D eigenvalue weighted by molar-refractivity contribution is 0.569. The number of aryl methyl sites for hydroxylation is 1. The molecule has 0 saturated heterocycles. The van der Waals surface area contributed by atoms with Gasteiger partial charge < -0.3 is 0 Å². The van der Waals surface area contributed by atoms with Gasteiger partial charge in [-0.2, -0.15) is 0 Å². The molecule has 2 aromatic rings. The van der Waals surface area contributed by atoms with Gasteiger partial charge >= 0.3 is 0 Å². The summed E-state index contributed by atoms with van der Waals surface area (Å²) < 4.78 is 27.3. The molecule has 1 heterocycles. The SMILES string of the molecule is Cc1ccc(S(=O)(=O)Nc2ccnc(C(C)(C)C)c2)cc1.